The Hall–Kier alpha value is -1.34. The minimum absolute atomic E-state index is 0.0324. The summed E-state index contributed by atoms with van der Waals surface area (Å²) in [6, 6.07) is 3.96. The van der Waals surface area contributed by atoms with Gasteiger partial charge in [-0.15, -0.1) is 0 Å². The first-order chi connectivity index (χ1) is 13.0. The zero-order chi connectivity index (χ0) is 19.0. The van der Waals surface area contributed by atoms with E-state index in [2.05, 4.69) is 20.8 Å². The van der Waals surface area contributed by atoms with E-state index in [0.29, 0.717) is 16.5 Å². The molecule has 3 heterocycles. The number of hydrogen-bond donors (Lipinski definition) is 1. The number of hydrogen-bond acceptors (Lipinski definition) is 4. The molecule has 0 bridgehead atoms. The Morgan fingerprint density at radius 3 is 2.30 bits per heavy atom. The van der Waals surface area contributed by atoms with Crippen molar-refractivity contribution in [2.75, 3.05) is 26.2 Å². The summed E-state index contributed by atoms with van der Waals surface area (Å²) in [5.74, 6) is 0.985. The molecule has 1 saturated carbocycles. The van der Waals surface area contributed by atoms with Crippen LogP contribution < -0.4 is 5.73 Å². The summed E-state index contributed by atoms with van der Waals surface area (Å²) in [7, 11) is 0. The molecule has 2 N–H and O–H groups in total. The SMILES string of the molecule is NC(=O)C1(CC2CC2)CCN(C2CCN(C(=O)c3ccc(Br)o3)CC2)CC1. The van der Waals surface area contributed by atoms with Crippen molar-refractivity contribution < 1.29 is 14.0 Å². The molecule has 6 nitrogen and oxygen atoms in total. The predicted molar refractivity (Wildman–Crippen MR) is 105 cm³/mol. The van der Waals surface area contributed by atoms with Gasteiger partial charge in [0.1, 0.15) is 0 Å². The third kappa shape index (κ3) is 4.09. The maximum Gasteiger partial charge on any atom is 0.289 e. The fourth-order valence-electron chi connectivity index (χ4n) is 4.76. The van der Waals surface area contributed by atoms with Gasteiger partial charge < -0.3 is 20.0 Å². The Bertz CT molecular complexity index is 699. The van der Waals surface area contributed by atoms with E-state index in [-0.39, 0.29) is 17.2 Å². The number of nitrogens with zero attached hydrogens (tertiary/aromatic N) is 2. The van der Waals surface area contributed by atoms with Crippen LogP contribution in [0.2, 0.25) is 0 Å². The minimum Gasteiger partial charge on any atom is -0.444 e. The molecule has 2 saturated heterocycles. The maximum absolute atomic E-state index is 12.5. The van der Waals surface area contributed by atoms with Gasteiger partial charge in [0.05, 0.1) is 5.41 Å². The average molecular weight is 438 g/mol. The molecule has 1 aromatic rings. The molecular weight excluding hydrogens is 410 g/mol. The zero-order valence-corrected chi connectivity index (χ0v) is 17.2. The largest absolute Gasteiger partial charge is 0.444 e. The molecule has 0 radical (unpaired) electrons. The third-order valence-corrected chi connectivity index (χ3v) is 7.13. The van der Waals surface area contributed by atoms with E-state index >= 15 is 0 Å². The van der Waals surface area contributed by atoms with Gasteiger partial charge in [0, 0.05) is 19.1 Å². The number of nitrogens with two attached hydrogens (primary N) is 1. The van der Waals surface area contributed by atoms with E-state index in [1.165, 1.54) is 12.8 Å². The van der Waals surface area contributed by atoms with Crippen LogP contribution in [0.15, 0.2) is 21.2 Å². The zero-order valence-electron chi connectivity index (χ0n) is 15.7. The molecule has 3 fully saturated rings. The van der Waals surface area contributed by atoms with E-state index in [1.54, 1.807) is 12.1 Å². The van der Waals surface area contributed by atoms with Crippen molar-refractivity contribution in [3.63, 3.8) is 0 Å². The van der Waals surface area contributed by atoms with E-state index in [4.69, 9.17) is 10.2 Å². The highest BCUT2D eigenvalue weighted by Gasteiger charge is 2.44. The molecule has 2 aliphatic heterocycles. The van der Waals surface area contributed by atoms with E-state index in [0.717, 1.165) is 64.2 Å². The molecular formula is C20H28BrN3O3. The summed E-state index contributed by atoms with van der Waals surface area (Å²) < 4.78 is 5.98. The molecule has 3 aliphatic rings. The third-order valence-electron chi connectivity index (χ3n) is 6.71. The number of carbonyl (C=O) groups excluding carboxylic acids is 2. The van der Waals surface area contributed by atoms with E-state index in [9.17, 15) is 9.59 Å². The van der Waals surface area contributed by atoms with E-state index in [1.807, 2.05) is 4.90 Å². The number of halogens is 1. The van der Waals surface area contributed by atoms with Gasteiger partial charge in [-0.2, -0.15) is 0 Å². The van der Waals surface area contributed by atoms with Crippen LogP contribution in [-0.2, 0) is 4.79 Å². The normalized spacial score (nSPS) is 24.1. The number of carbonyl (C=O) groups is 2. The van der Waals surface area contributed by atoms with Crippen LogP contribution in [0.4, 0.5) is 0 Å². The van der Waals surface area contributed by atoms with Gasteiger partial charge in [-0.3, -0.25) is 9.59 Å². The van der Waals surface area contributed by atoms with Gasteiger partial charge in [-0.25, -0.2) is 0 Å². The second-order valence-electron chi connectivity index (χ2n) is 8.46. The maximum atomic E-state index is 12.5. The predicted octanol–water partition coefficient (Wildman–Crippen LogP) is 3.01. The molecule has 2 amide bonds. The number of amides is 2. The Labute approximate surface area is 168 Å². The summed E-state index contributed by atoms with van der Waals surface area (Å²) in [5.41, 5.74) is 5.52. The summed E-state index contributed by atoms with van der Waals surface area (Å²) in [4.78, 5) is 29.0. The molecule has 0 aromatic carbocycles. The second-order valence-corrected chi connectivity index (χ2v) is 9.24. The molecule has 0 atom stereocenters. The number of furan rings is 1. The molecule has 1 aliphatic carbocycles. The molecule has 1 aromatic heterocycles. The van der Waals surface area contributed by atoms with Crippen LogP contribution in [-0.4, -0.2) is 53.8 Å². The fourth-order valence-corrected chi connectivity index (χ4v) is 5.07. The highest BCUT2D eigenvalue weighted by atomic mass is 79.9. The fraction of sp³-hybridized carbons (Fsp3) is 0.700. The topological polar surface area (TPSA) is 79.8 Å². The highest BCUT2D eigenvalue weighted by molar-refractivity contribution is 9.10. The Balaban J connectivity index is 1.29. The Morgan fingerprint density at radius 2 is 1.78 bits per heavy atom. The van der Waals surface area contributed by atoms with Crippen LogP contribution in [0, 0.1) is 11.3 Å². The van der Waals surface area contributed by atoms with Crippen molar-refractivity contribution in [3.8, 4) is 0 Å². The lowest BCUT2D eigenvalue weighted by molar-refractivity contribution is -0.132. The van der Waals surface area contributed by atoms with Gasteiger partial charge in [0.15, 0.2) is 10.4 Å². The quantitative estimate of drug-likeness (QED) is 0.767. The Kier molecular flexibility index (Phi) is 5.34. The van der Waals surface area contributed by atoms with Crippen molar-refractivity contribution in [1.82, 2.24) is 9.80 Å². The molecule has 148 valence electrons. The summed E-state index contributed by atoms with van der Waals surface area (Å²) >= 11 is 3.25. The monoisotopic (exact) mass is 437 g/mol. The van der Waals surface area contributed by atoms with Crippen molar-refractivity contribution in [1.29, 1.82) is 0 Å². The number of piperidine rings is 2. The van der Waals surface area contributed by atoms with Gasteiger partial charge >= 0.3 is 0 Å². The summed E-state index contributed by atoms with van der Waals surface area (Å²) in [6.45, 7) is 3.39. The molecule has 0 spiro atoms. The highest BCUT2D eigenvalue weighted by Crippen LogP contribution is 2.46. The van der Waals surface area contributed by atoms with Crippen LogP contribution in [0.1, 0.15) is 55.5 Å². The Morgan fingerprint density at radius 1 is 1.11 bits per heavy atom. The molecule has 4 rings (SSSR count). The van der Waals surface area contributed by atoms with Crippen LogP contribution in [0.3, 0.4) is 0 Å². The van der Waals surface area contributed by atoms with Crippen LogP contribution >= 0.6 is 15.9 Å². The summed E-state index contributed by atoms with van der Waals surface area (Å²) in [5, 5.41) is 0. The second kappa shape index (κ2) is 7.59. The van der Waals surface area contributed by atoms with Gasteiger partial charge in [0.25, 0.3) is 5.91 Å². The van der Waals surface area contributed by atoms with Crippen molar-refractivity contribution in [2.45, 2.75) is 51.0 Å². The molecule has 7 heteroatoms. The molecule has 0 unspecified atom stereocenters. The number of primary amides is 1. The first kappa shape index (κ1) is 19.0. The van der Waals surface area contributed by atoms with E-state index < -0.39 is 0 Å². The smallest absolute Gasteiger partial charge is 0.289 e. The van der Waals surface area contributed by atoms with Gasteiger partial charge in [0.2, 0.25) is 5.91 Å². The minimum atomic E-state index is -0.277. The summed E-state index contributed by atoms with van der Waals surface area (Å²) in [6.07, 6.45) is 7.23. The first-order valence-corrected chi connectivity index (χ1v) is 10.8. The average Bonchev–Trinajstić information content (AvgIpc) is 3.38. The molecule has 27 heavy (non-hydrogen) atoms. The van der Waals surface area contributed by atoms with Gasteiger partial charge in [-0.1, -0.05) is 12.8 Å². The van der Waals surface area contributed by atoms with Crippen LogP contribution in [0.25, 0.3) is 0 Å². The van der Waals surface area contributed by atoms with Crippen molar-refractivity contribution in [3.05, 3.63) is 22.6 Å². The standard InChI is InChI=1S/C20H28BrN3O3/c21-17-4-3-16(27-17)18(25)24-9-5-15(6-10-24)23-11-7-20(8-12-23,19(22)26)13-14-1-2-14/h3-4,14-15H,1-2,5-13H2,(H2,22,26). The van der Waals surface area contributed by atoms with Crippen molar-refractivity contribution >= 4 is 27.7 Å². The lowest BCUT2D eigenvalue weighted by Crippen LogP contribution is -2.53. The lowest BCUT2D eigenvalue weighted by Gasteiger charge is -2.45. The van der Waals surface area contributed by atoms with Crippen molar-refractivity contribution in [2.24, 2.45) is 17.1 Å². The lowest BCUT2D eigenvalue weighted by atomic mass is 9.73. The van der Waals surface area contributed by atoms with Gasteiger partial charge in [-0.05, 0) is 79.2 Å². The number of likely N-dealkylation sites (tertiary alicyclic amines) is 2. The van der Waals surface area contributed by atoms with Crippen LogP contribution in [0.5, 0.6) is 0 Å². The number of rotatable bonds is 5. The first-order valence-electron chi connectivity index (χ1n) is 10.1.